The molecular weight excluding hydrogens is 368 g/mol. The lowest BCUT2D eigenvalue weighted by Gasteiger charge is -2.15. The van der Waals surface area contributed by atoms with Crippen molar-refractivity contribution in [1.29, 1.82) is 0 Å². The zero-order chi connectivity index (χ0) is 20.3. The SMILES string of the molecule is COc1ccc(CN(C)CC(=O)c2sc(-c3ccc(C)cc3C)nc2C)cc1. The normalized spacial score (nSPS) is 11.1. The van der Waals surface area contributed by atoms with Gasteiger partial charge in [-0.3, -0.25) is 9.69 Å². The number of aryl methyl sites for hydroxylation is 3. The topological polar surface area (TPSA) is 42.4 Å². The van der Waals surface area contributed by atoms with Crippen LogP contribution in [-0.2, 0) is 6.54 Å². The van der Waals surface area contributed by atoms with E-state index in [-0.39, 0.29) is 5.78 Å². The fourth-order valence-electron chi connectivity index (χ4n) is 3.24. The molecule has 0 atom stereocenters. The van der Waals surface area contributed by atoms with Crippen LogP contribution in [0.1, 0.15) is 32.1 Å². The lowest BCUT2D eigenvalue weighted by Crippen LogP contribution is -2.25. The highest BCUT2D eigenvalue weighted by atomic mass is 32.1. The van der Waals surface area contributed by atoms with Gasteiger partial charge in [-0.2, -0.15) is 0 Å². The molecule has 0 aliphatic carbocycles. The van der Waals surface area contributed by atoms with Gasteiger partial charge in [0.15, 0.2) is 5.78 Å². The Bertz CT molecular complexity index is 977. The number of benzene rings is 2. The van der Waals surface area contributed by atoms with E-state index in [1.54, 1.807) is 7.11 Å². The van der Waals surface area contributed by atoms with Crippen molar-refractivity contribution in [1.82, 2.24) is 9.88 Å². The number of hydrogen-bond donors (Lipinski definition) is 0. The zero-order valence-corrected chi connectivity index (χ0v) is 17.9. The third-order valence-electron chi connectivity index (χ3n) is 4.69. The number of hydrogen-bond acceptors (Lipinski definition) is 5. The summed E-state index contributed by atoms with van der Waals surface area (Å²) in [5.41, 5.74) is 5.47. The van der Waals surface area contributed by atoms with Crippen molar-refractivity contribution in [3.8, 4) is 16.3 Å². The van der Waals surface area contributed by atoms with Crippen molar-refractivity contribution >= 4 is 17.1 Å². The summed E-state index contributed by atoms with van der Waals surface area (Å²) < 4.78 is 5.19. The van der Waals surface area contributed by atoms with Crippen molar-refractivity contribution in [2.45, 2.75) is 27.3 Å². The Hall–Kier alpha value is -2.50. The van der Waals surface area contributed by atoms with Crippen LogP contribution in [0.15, 0.2) is 42.5 Å². The molecular formula is C23H26N2O2S. The minimum Gasteiger partial charge on any atom is -0.497 e. The predicted molar refractivity (Wildman–Crippen MR) is 115 cm³/mol. The zero-order valence-electron chi connectivity index (χ0n) is 17.1. The molecule has 0 radical (unpaired) electrons. The fraction of sp³-hybridized carbons (Fsp3) is 0.304. The Balaban J connectivity index is 1.70. The number of carbonyl (C=O) groups excluding carboxylic acids is 1. The van der Waals surface area contributed by atoms with Crippen molar-refractivity contribution in [3.63, 3.8) is 0 Å². The van der Waals surface area contributed by atoms with Gasteiger partial charge in [0, 0.05) is 12.1 Å². The highest BCUT2D eigenvalue weighted by Crippen LogP contribution is 2.31. The Morgan fingerprint density at radius 2 is 1.82 bits per heavy atom. The molecule has 28 heavy (non-hydrogen) atoms. The number of ketones is 1. The van der Waals surface area contributed by atoms with Crippen LogP contribution >= 0.6 is 11.3 Å². The van der Waals surface area contributed by atoms with Crippen LogP contribution < -0.4 is 4.74 Å². The van der Waals surface area contributed by atoms with Gasteiger partial charge in [0.05, 0.1) is 24.2 Å². The second-order valence-corrected chi connectivity index (χ2v) is 8.19. The quantitative estimate of drug-likeness (QED) is 0.526. The number of thiazole rings is 1. The summed E-state index contributed by atoms with van der Waals surface area (Å²) in [7, 11) is 3.62. The number of likely N-dealkylation sites (N-methyl/N-ethyl adjacent to an activating group) is 1. The molecule has 2 aromatic carbocycles. The number of methoxy groups -OCH3 is 1. The van der Waals surface area contributed by atoms with Gasteiger partial charge in [-0.15, -0.1) is 11.3 Å². The summed E-state index contributed by atoms with van der Waals surface area (Å²) in [5.74, 6) is 0.948. The Morgan fingerprint density at radius 3 is 2.46 bits per heavy atom. The third-order valence-corrected chi connectivity index (χ3v) is 5.92. The number of ether oxygens (including phenoxy) is 1. The van der Waals surface area contributed by atoms with Crippen molar-refractivity contribution in [2.75, 3.05) is 20.7 Å². The Kier molecular flexibility index (Phi) is 6.27. The lowest BCUT2D eigenvalue weighted by atomic mass is 10.1. The molecule has 3 aromatic rings. The maximum atomic E-state index is 12.9. The summed E-state index contributed by atoms with van der Waals surface area (Å²) in [6, 6.07) is 14.3. The van der Waals surface area contributed by atoms with Crippen LogP contribution in [0.5, 0.6) is 5.75 Å². The van der Waals surface area contributed by atoms with Gasteiger partial charge in [-0.05, 0) is 51.1 Å². The molecule has 0 amide bonds. The van der Waals surface area contributed by atoms with Crippen LogP contribution in [-0.4, -0.2) is 36.4 Å². The molecule has 5 heteroatoms. The van der Waals surface area contributed by atoms with Gasteiger partial charge in [0.25, 0.3) is 0 Å². The minimum atomic E-state index is 0.113. The molecule has 1 heterocycles. The summed E-state index contributed by atoms with van der Waals surface area (Å²) in [6.07, 6.45) is 0. The first kappa shape index (κ1) is 20.2. The van der Waals surface area contributed by atoms with E-state index in [2.05, 4.69) is 37.0 Å². The van der Waals surface area contributed by atoms with E-state index in [9.17, 15) is 4.79 Å². The average molecular weight is 395 g/mol. The first-order valence-electron chi connectivity index (χ1n) is 9.27. The molecule has 0 N–H and O–H groups in total. The van der Waals surface area contributed by atoms with E-state index >= 15 is 0 Å². The highest BCUT2D eigenvalue weighted by Gasteiger charge is 2.18. The number of carbonyl (C=O) groups is 1. The molecule has 0 saturated heterocycles. The molecule has 0 spiro atoms. The fourth-order valence-corrected chi connectivity index (χ4v) is 4.33. The van der Waals surface area contributed by atoms with Crippen LogP contribution in [0.2, 0.25) is 0 Å². The number of aromatic nitrogens is 1. The number of Topliss-reactive ketones (excluding diaryl/α,β-unsaturated/α-hetero) is 1. The van der Waals surface area contributed by atoms with Gasteiger partial charge in [-0.25, -0.2) is 4.98 Å². The van der Waals surface area contributed by atoms with Crippen molar-refractivity contribution < 1.29 is 9.53 Å². The van der Waals surface area contributed by atoms with E-state index in [0.29, 0.717) is 13.1 Å². The molecule has 0 bridgehead atoms. The molecule has 0 fully saturated rings. The molecule has 0 aliphatic rings. The van der Waals surface area contributed by atoms with Crippen LogP contribution in [0, 0.1) is 20.8 Å². The molecule has 0 unspecified atom stereocenters. The Labute approximate surface area is 170 Å². The maximum absolute atomic E-state index is 12.9. The standard InChI is InChI=1S/C23H26N2O2S/c1-15-6-11-20(16(2)12-15)23-24-17(3)22(28-23)21(26)14-25(4)13-18-7-9-19(27-5)10-8-18/h6-12H,13-14H2,1-5H3. The van der Waals surface area contributed by atoms with E-state index in [0.717, 1.165) is 32.5 Å². The smallest absolute Gasteiger partial charge is 0.188 e. The van der Waals surface area contributed by atoms with Gasteiger partial charge in [-0.1, -0.05) is 35.9 Å². The number of rotatable bonds is 7. The summed E-state index contributed by atoms with van der Waals surface area (Å²) in [6.45, 7) is 7.15. The van der Waals surface area contributed by atoms with E-state index in [1.807, 2.05) is 43.1 Å². The van der Waals surface area contributed by atoms with Gasteiger partial charge >= 0.3 is 0 Å². The van der Waals surface area contributed by atoms with Crippen LogP contribution in [0.25, 0.3) is 10.6 Å². The first-order chi connectivity index (χ1) is 13.4. The summed E-state index contributed by atoms with van der Waals surface area (Å²) in [5, 5.41) is 0.913. The molecule has 0 saturated carbocycles. The molecule has 1 aromatic heterocycles. The maximum Gasteiger partial charge on any atom is 0.188 e. The van der Waals surface area contributed by atoms with E-state index < -0.39 is 0 Å². The largest absolute Gasteiger partial charge is 0.497 e. The van der Waals surface area contributed by atoms with Gasteiger partial charge in [0.2, 0.25) is 0 Å². The van der Waals surface area contributed by atoms with Crippen molar-refractivity contribution in [2.24, 2.45) is 0 Å². The number of nitrogens with zero attached hydrogens (tertiary/aromatic N) is 2. The third kappa shape index (κ3) is 4.66. The minimum absolute atomic E-state index is 0.113. The average Bonchev–Trinajstić information content (AvgIpc) is 3.03. The first-order valence-corrected chi connectivity index (χ1v) is 10.1. The monoisotopic (exact) mass is 394 g/mol. The van der Waals surface area contributed by atoms with E-state index in [1.165, 1.54) is 22.5 Å². The van der Waals surface area contributed by atoms with E-state index in [4.69, 9.17) is 4.74 Å². The summed E-state index contributed by atoms with van der Waals surface area (Å²) >= 11 is 1.49. The Morgan fingerprint density at radius 1 is 1.11 bits per heavy atom. The second-order valence-electron chi connectivity index (χ2n) is 7.20. The summed E-state index contributed by atoms with van der Waals surface area (Å²) in [4.78, 5) is 20.3. The van der Waals surface area contributed by atoms with Gasteiger partial charge < -0.3 is 4.74 Å². The van der Waals surface area contributed by atoms with Crippen LogP contribution in [0.4, 0.5) is 0 Å². The molecule has 0 aliphatic heterocycles. The van der Waals surface area contributed by atoms with Crippen molar-refractivity contribution in [3.05, 3.63) is 69.7 Å². The highest BCUT2D eigenvalue weighted by molar-refractivity contribution is 7.17. The second kappa shape index (κ2) is 8.67. The molecule has 4 nitrogen and oxygen atoms in total. The lowest BCUT2D eigenvalue weighted by molar-refractivity contribution is 0.0946. The molecule has 3 rings (SSSR count). The molecule has 146 valence electrons. The predicted octanol–water partition coefficient (Wildman–Crippen LogP) is 5.06. The van der Waals surface area contributed by atoms with Crippen LogP contribution in [0.3, 0.4) is 0 Å². The van der Waals surface area contributed by atoms with Gasteiger partial charge in [0.1, 0.15) is 10.8 Å².